The molecule has 2 atom stereocenters. The van der Waals surface area contributed by atoms with Crippen LogP contribution in [0.2, 0.25) is 0 Å². The molecule has 0 N–H and O–H groups in total. The van der Waals surface area contributed by atoms with Gasteiger partial charge in [-0.05, 0) is 47.4 Å². The van der Waals surface area contributed by atoms with E-state index in [2.05, 4.69) is 0 Å². The minimum Gasteiger partial charge on any atom is -0.465 e. The van der Waals surface area contributed by atoms with E-state index in [1.165, 1.54) is 20.1 Å². The number of hydrogen-bond donors (Lipinski definition) is 0. The lowest BCUT2D eigenvalue weighted by atomic mass is 9.46. The zero-order valence-corrected chi connectivity index (χ0v) is 18.6. The lowest BCUT2D eigenvalue weighted by Crippen LogP contribution is -2.57. The highest BCUT2D eigenvalue weighted by Gasteiger charge is 2.70. The van der Waals surface area contributed by atoms with Crippen molar-refractivity contribution < 1.29 is 23.9 Å². The largest absolute Gasteiger partial charge is 0.465 e. The minimum atomic E-state index is -1.24. The molecular weight excluding hydrogens is 430 g/mol. The van der Waals surface area contributed by atoms with Gasteiger partial charge in [0.1, 0.15) is 5.78 Å². The fraction of sp³-hybridized carbons (Fsp3) is 0.214. The van der Waals surface area contributed by atoms with Gasteiger partial charge < -0.3 is 4.74 Å². The molecule has 1 heterocycles. The van der Waals surface area contributed by atoms with Crippen LogP contribution in [0, 0.1) is 11.8 Å². The fourth-order valence-corrected chi connectivity index (χ4v) is 6.51. The van der Waals surface area contributed by atoms with Crippen molar-refractivity contribution >= 4 is 29.3 Å². The molecule has 1 fully saturated rings. The summed E-state index contributed by atoms with van der Waals surface area (Å²) in [4.78, 5) is 54.8. The van der Waals surface area contributed by atoms with Gasteiger partial charge >= 0.3 is 5.97 Å². The van der Waals surface area contributed by atoms with E-state index < -0.39 is 29.1 Å². The van der Waals surface area contributed by atoms with Crippen molar-refractivity contribution in [2.24, 2.45) is 11.8 Å². The summed E-state index contributed by atoms with van der Waals surface area (Å²) in [6.07, 6.45) is 0. The second-order valence-corrected chi connectivity index (χ2v) is 9.07. The zero-order valence-electron chi connectivity index (χ0n) is 18.6. The van der Waals surface area contributed by atoms with Crippen molar-refractivity contribution in [2.75, 3.05) is 12.0 Å². The molecule has 6 nitrogen and oxygen atoms in total. The second kappa shape index (κ2) is 6.97. The molecule has 0 spiro atoms. The van der Waals surface area contributed by atoms with Crippen LogP contribution >= 0.6 is 0 Å². The van der Waals surface area contributed by atoms with E-state index in [9.17, 15) is 19.2 Å². The van der Waals surface area contributed by atoms with Gasteiger partial charge in [-0.3, -0.25) is 14.4 Å². The standard InChI is InChI=1S/C28H21NO5/c1-15(30)28-20-12-5-3-10-18(20)22(19-11-4-6-13-21(19)28)23-24(28)26(32)29(25(23)31)17-9-7-8-16(14-17)27(33)34-2/h3-14,22-24H,1-2H3/t22?,23-,24-,28?/m1/s1. The molecule has 3 aromatic rings. The van der Waals surface area contributed by atoms with Crippen LogP contribution in [0.25, 0.3) is 0 Å². The Morgan fingerprint density at radius 3 is 2.06 bits per heavy atom. The Labute approximate surface area is 196 Å². The smallest absolute Gasteiger partial charge is 0.337 e. The van der Waals surface area contributed by atoms with Gasteiger partial charge in [0.15, 0.2) is 0 Å². The highest BCUT2D eigenvalue weighted by atomic mass is 16.5. The highest BCUT2D eigenvalue weighted by molar-refractivity contribution is 6.25. The number of nitrogens with zero attached hydrogens (tertiary/aromatic N) is 1. The maximum atomic E-state index is 14.1. The zero-order chi connectivity index (χ0) is 23.8. The van der Waals surface area contributed by atoms with Crippen LogP contribution in [0.4, 0.5) is 5.69 Å². The molecule has 4 aliphatic rings. The van der Waals surface area contributed by atoms with E-state index >= 15 is 0 Å². The summed E-state index contributed by atoms with van der Waals surface area (Å²) in [5.41, 5.74) is 2.75. The Balaban J connectivity index is 1.61. The quantitative estimate of drug-likeness (QED) is 0.449. The van der Waals surface area contributed by atoms with Crippen LogP contribution in [0.3, 0.4) is 0 Å². The van der Waals surface area contributed by atoms with Crippen molar-refractivity contribution in [2.45, 2.75) is 18.3 Å². The van der Waals surface area contributed by atoms with Gasteiger partial charge in [0.2, 0.25) is 11.8 Å². The number of ether oxygens (including phenoxy) is 1. The molecule has 2 amide bonds. The molecule has 2 bridgehead atoms. The lowest BCUT2D eigenvalue weighted by Gasteiger charge is -2.52. The minimum absolute atomic E-state index is 0.160. The Bertz CT molecular complexity index is 1380. The molecule has 0 unspecified atom stereocenters. The van der Waals surface area contributed by atoms with Gasteiger partial charge in [-0.2, -0.15) is 0 Å². The van der Waals surface area contributed by atoms with Crippen LogP contribution in [0.1, 0.15) is 45.5 Å². The topological polar surface area (TPSA) is 80.8 Å². The van der Waals surface area contributed by atoms with Gasteiger partial charge in [0, 0.05) is 5.92 Å². The number of Topliss-reactive ketones (excluding diaryl/α,β-unsaturated/α-hetero) is 1. The average Bonchev–Trinajstić information content (AvgIpc) is 3.14. The predicted molar refractivity (Wildman–Crippen MR) is 123 cm³/mol. The van der Waals surface area contributed by atoms with E-state index in [4.69, 9.17) is 4.74 Å². The van der Waals surface area contributed by atoms with Gasteiger partial charge in [0.25, 0.3) is 0 Å². The Morgan fingerprint density at radius 1 is 0.853 bits per heavy atom. The number of amides is 2. The Morgan fingerprint density at radius 2 is 1.47 bits per heavy atom. The number of carbonyl (C=O) groups is 4. The number of imide groups is 1. The van der Waals surface area contributed by atoms with Crippen LogP contribution < -0.4 is 4.90 Å². The van der Waals surface area contributed by atoms with Gasteiger partial charge in [0.05, 0.1) is 35.6 Å². The number of ketones is 1. The van der Waals surface area contributed by atoms with Crippen LogP contribution in [0.5, 0.6) is 0 Å². The third kappa shape index (κ3) is 2.30. The molecule has 34 heavy (non-hydrogen) atoms. The third-order valence-electron chi connectivity index (χ3n) is 7.70. The van der Waals surface area contributed by atoms with Crippen molar-refractivity contribution in [3.8, 4) is 0 Å². The lowest BCUT2D eigenvalue weighted by molar-refractivity contribution is -0.132. The Kier molecular flexibility index (Phi) is 4.21. The number of anilines is 1. The maximum absolute atomic E-state index is 14.1. The number of rotatable bonds is 3. The molecular formula is C28H21NO5. The maximum Gasteiger partial charge on any atom is 0.337 e. The van der Waals surface area contributed by atoms with E-state index in [1.54, 1.807) is 18.2 Å². The summed E-state index contributed by atoms with van der Waals surface area (Å²) >= 11 is 0. The normalized spacial score (nSPS) is 26.1. The number of hydrogen-bond acceptors (Lipinski definition) is 5. The van der Waals surface area contributed by atoms with Crippen LogP contribution in [0.15, 0.2) is 72.8 Å². The van der Waals surface area contributed by atoms with Crippen molar-refractivity contribution in [3.05, 3.63) is 101 Å². The molecule has 7 rings (SSSR count). The first-order valence-electron chi connectivity index (χ1n) is 11.2. The molecule has 168 valence electrons. The molecule has 3 aromatic carbocycles. The Hall–Kier alpha value is -4.06. The van der Waals surface area contributed by atoms with E-state index in [0.717, 1.165) is 27.2 Å². The number of esters is 1. The summed E-state index contributed by atoms with van der Waals surface area (Å²) < 4.78 is 4.81. The fourth-order valence-electron chi connectivity index (χ4n) is 6.51. The van der Waals surface area contributed by atoms with E-state index in [0.29, 0.717) is 5.69 Å². The van der Waals surface area contributed by atoms with Crippen molar-refractivity contribution in [1.29, 1.82) is 0 Å². The molecule has 3 aliphatic carbocycles. The summed E-state index contributed by atoms with van der Waals surface area (Å²) in [6.45, 7) is 1.51. The monoisotopic (exact) mass is 451 g/mol. The summed E-state index contributed by atoms with van der Waals surface area (Å²) in [6, 6.07) is 21.6. The molecule has 1 saturated heterocycles. The third-order valence-corrected chi connectivity index (χ3v) is 7.70. The molecule has 0 radical (unpaired) electrons. The highest BCUT2D eigenvalue weighted by Crippen LogP contribution is 2.64. The van der Waals surface area contributed by atoms with Crippen LogP contribution in [-0.2, 0) is 24.5 Å². The first kappa shape index (κ1) is 20.5. The van der Waals surface area contributed by atoms with Gasteiger partial charge in [-0.1, -0.05) is 54.6 Å². The SMILES string of the molecule is COC(=O)c1cccc(N2C(=O)[C@@H]3C4c5ccccc5C(C(C)=O)(c5ccccc54)[C@H]3C2=O)c1. The number of methoxy groups -OCH3 is 1. The predicted octanol–water partition coefficient (Wildman–Crippen LogP) is 3.61. The summed E-state index contributed by atoms with van der Waals surface area (Å²) in [5.74, 6) is -3.37. The second-order valence-electron chi connectivity index (χ2n) is 9.07. The van der Waals surface area contributed by atoms with Crippen LogP contribution in [-0.4, -0.2) is 30.7 Å². The molecule has 0 aromatic heterocycles. The van der Waals surface area contributed by atoms with Crippen molar-refractivity contribution in [1.82, 2.24) is 0 Å². The van der Waals surface area contributed by atoms with Crippen molar-refractivity contribution in [3.63, 3.8) is 0 Å². The number of carbonyl (C=O) groups excluding carboxylic acids is 4. The summed E-state index contributed by atoms with van der Waals surface area (Å²) in [7, 11) is 1.28. The molecule has 1 aliphatic heterocycles. The summed E-state index contributed by atoms with van der Waals surface area (Å²) in [5, 5.41) is 0. The van der Waals surface area contributed by atoms with Gasteiger partial charge in [-0.15, -0.1) is 0 Å². The van der Waals surface area contributed by atoms with E-state index in [-0.39, 0.29) is 23.2 Å². The van der Waals surface area contributed by atoms with Gasteiger partial charge in [-0.25, -0.2) is 9.69 Å². The molecule has 6 heteroatoms. The number of benzene rings is 3. The average molecular weight is 451 g/mol. The molecule has 0 saturated carbocycles. The first-order valence-corrected chi connectivity index (χ1v) is 11.2. The van der Waals surface area contributed by atoms with E-state index in [1.807, 2.05) is 48.5 Å². The first-order chi connectivity index (χ1) is 16.4.